The summed E-state index contributed by atoms with van der Waals surface area (Å²) in [5.74, 6) is 1.61. The van der Waals surface area contributed by atoms with Crippen molar-refractivity contribution in [2.45, 2.75) is 64.2 Å². The third-order valence-corrected chi connectivity index (χ3v) is 6.88. The van der Waals surface area contributed by atoms with Gasteiger partial charge in [0, 0.05) is 31.7 Å². The largest absolute Gasteiger partial charge is 0.379 e. The van der Waals surface area contributed by atoms with Crippen LogP contribution >= 0.6 is 12.4 Å². The van der Waals surface area contributed by atoms with Crippen molar-refractivity contribution < 1.29 is 4.74 Å². The molecular weight excluding hydrogens is 370 g/mol. The first-order valence-corrected chi connectivity index (χ1v) is 11.1. The smallest absolute Gasteiger partial charge is 0.0623 e. The Kier molecular flexibility index (Phi) is 8.61. The fourth-order valence-electron chi connectivity index (χ4n) is 5.15. The Bertz CT molecular complexity index is 585. The zero-order valence-electron chi connectivity index (χ0n) is 17.4. The Morgan fingerprint density at radius 2 is 1.96 bits per heavy atom. The fourth-order valence-corrected chi connectivity index (χ4v) is 5.15. The Balaban J connectivity index is 0.00000225. The molecule has 1 aromatic rings. The van der Waals surface area contributed by atoms with E-state index in [1.807, 2.05) is 0 Å². The van der Waals surface area contributed by atoms with Crippen molar-refractivity contribution in [3.63, 3.8) is 0 Å². The van der Waals surface area contributed by atoms with Gasteiger partial charge in [0.15, 0.2) is 0 Å². The highest BCUT2D eigenvalue weighted by atomic mass is 35.5. The Morgan fingerprint density at radius 3 is 2.75 bits per heavy atom. The lowest BCUT2D eigenvalue weighted by Crippen LogP contribution is -2.50. The molecule has 0 aromatic heterocycles. The van der Waals surface area contributed by atoms with Crippen LogP contribution in [0.1, 0.15) is 50.2 Å². The van der Waals surface area contributed by atoms with Crippen molar-refractivity contribution in [2.24, 2.45) is 11.8 Å². The number of piperidine rings is 1. The number of likely N-dealkylation sites (tertiary alicyclic amines) is 1. The Labute approximate surface area is 177 Å². The van der Waals surface area contributed by atoms with Gasteiger partial charge in [0.25, 0.3) is 0 Å². The molecule has 4 rings (SSSR count). The Hall–Kier alpha value is -0.650. The highest BCUT2D eigenvalue weighted by molar-refractivity contribution is 5.85. The maximum Gasteiger partial charge on any atom is 0.0623 e. The lowest BCUT2D eigenvalue weighted by Gasteiger charge is -2.33. The summed E-state index contributed by atoms with van der Waals surface area (Å²) < 4.78 is 5.71. The van der Waals surface area contributed by atoms with Gasteiger partial charge in [-0.15, -0.1) is 12.4 Å². The van der Waals surface area contributed by atoms with Gasteiger partial charge in [0.05, 0.1) is 13.2 Å². The van der Waals surface area contributed by atoms with Crippen LogP contribution in [-0.2, 0) is 17.8 Å². The second-order valence-corrected chi connectivity index (χ2v) is 9.00. The molecule has 0 bridgehead atoms. The zero-order valence-corrected chi connectivity index (χ0v) is 18.2. The maximum atomic E-state index is 5.71. The summed E-state index contributed by atoms with van der Waals surface area (Å²) in [7, 11) is 0. The molecule has 2 aliphatic heterocycles. The van der Waals surface area contributed by atoms with E-state index in [9.17, 15) is 0 Å². The topological polar surface area (TPSA) is 36.5 Å². The van der Waals surface area contributed by atoms with Crippen molar-refractivity contribution >= 4 is 12.4 Å². The van der Waals surface area contributed by atoms with Crippen LogP contribution in [0.5, 0.6) is 0 Å². The van der Waals surface area contributed by atoms with Crippen molar-refractivity contribution in [2.75, 3.05) is 32.8 Å². The van der Waals surface area contributed by atoms with E-state index in [1.54, 1.807) is 0 Å². The SMILES string of the molecule is CC1CCN(Cc2cccc(CNC3CCCC3C3COCCN3)c2)CC1.Cl. The van der Waals surface area contributed by atoms with Gasteiger partial charge in [0.1, 0.15) is 0 Å². The van der Waals surface area contributed by atoms with Gasteiger partial charge in [-0.25, -0.2) is 0 Å². The molecule has 158 valence electrons. The normalized spacial score (nSPS) is 29.5. The summed E-state index contributed by atoms with van der Waals surface area (Å²) in [6.45, 7) is 9.74. The van der Waals surface area contributed by atoms with Gasteiger partial charge in [-0.3, -0.25) is 4.90 Å². The molecular formula is C23H38ClN3O. The first-order chi connectivity index (χ1) is 13.3. The number of hydrogen-bond donors (Lipinski definition) is 2. The lowest BCUT2D eigenvalue weighted by molar-refractivity contribution is 0.0524. The van der Waals surface area contributed by atoms with Gasteiger partial charge < -0.3 is 15.4 Å². The highest BCUT2D eigenvalue weighted by Gasteiger charge is 2.34. The summed E-state index contributed by atoms with van der Waals surface area (Å²) in [4.78, 5) is 2.62. The minimum Gasteiger partial charge on any atom is -0.379 e. The molecule has 0 radical (unpaired) electrons. The van der Waals surface area contributed by atoms with Crippen LogP contribution in [0.3, 0.4) is 0 Å². The van der Waals surface area contributed by atoms with Gasteiger partial charge in [-0.1, -0.05) is 37.6 Å². The van der Waals surface area contributed by atoms with E-state index in [2.05, 4.69) is 46.7 Å². The van der Waals surface area contributed by atoms with E-state index in [1.165, 1.54) is 56.3 Å². The van der Waals surface area contributed by atoms with E-state index in [4.69, 9.17) is 4.74 Å². The van der Waals surface area contributed by atoms with Gasteiger partial charge in [0.2, 0.25) is 0 Å². The predicted molar refractivity (Wildman–Crippen MR) is 118 cm³/mol. The molecule has 1 saturated carbocycles. The van der Waals surface area contributed by atoms with Crippen LogP contribution in [0.2, 0.25) is 0 Å². The average Bonchev–Trinajstić information content (AvgIpc) is 3.18. The second kappa shape index (κ2) is 10.9. The van der Waals surface area contributed by atoms with E-state index >= 15 is 0 Å². The van der Waals surface area contributed by atoms with E-state index in [0.717, 1.165) is 38.8 Å². The molecule has 3 fully saturated rings. The van der Waals surface area contributed by atoms with Crippen LogP contribution < -0.4 is 10.6 Å². The van der Waals surface area contributed by atoms with E-state index in [-0.39, 0.29) is 12.4 Å². The minimum absolute atomic E-state index is 0. The number of hydrogen-bond acceptors (Lipinski definition) is 4. The minimum atomic E-state index is 0. The zero-order chi connectivity index (χ0) is 18.5. The predicted octanol–water partition coefficient (Wildman–Crippen LogP) is 3.59. The third-order valence-electron chi connectivity index (χ3n) is 6.88. The summed E-state index contributed by atoms with van der Waals surface area (Å²) in [6, 6.07) is 10.4. The molecule has 2 N–H and O–H groups in total. The summed E-state index contributed by atoms with van der Waals surface area (Å²) in [6.07, 6.45) is 6.67. The molecule has 28 heavy (non-hydrogen) atoms. The number of nitrogens with zero attached hydrogens (tertiary/aromatic N) is 1. The highest BCUT2D eigenvalue weighted by Crippen LogP contribution is 2.29. The maximum absolute atomic E-state index is 5.71. The molecule has 4 nitrogen and oxygen atoms in total. The van der Waals surface area contributed by atoms with Gasteiger partial charge in [-0.2, -0.15) is 0 Å². The fraction of sp³-hybridized carbons (Fsp3) is 0.739. The first kappa shape index (κ1) is 22.0. The number of rotatable bonds is 6. The van der Waals surface area contributed by atoms with Crippen molar-refractivity contribution in [3.05, 3.63) is 35.4 Å². The number of benzene rings is 1. The monoisotopic (exact) mass is 407 g/mol. The van der Waals surface area contributed by atoms with E-state index in [0.29, 0.717) is 18.0 Å². The summed E-state index contributed by atoms with van der Waals surface area (Å²) in [5, 5.41) is 7.55. The van der Waals surface area contributed by atoms with Crippen LogP contribution in [0, 0.1) is 11.8 Å². The standard InChI is InChI=1S/C23H37N3O.ClH/c1-18-8-11-26(12-9-18)16-20-5-2-4-19(14-20)15-25-22-7-3-6-21(22)23-17-27-13-10-24-23;/h2,4-5,14,18,21-25H,3,6-13,15-17H2,1H3;1H. The molecule has 0 spiro atoms. The number of nitrogens with one attached hydrogen (secondary N) is 2. The summed E-state index contributed by atoms with van der Waals surface area (Å²) >= 11 is 0. The molecule has 3 aliphatic rings. The summed E-state index contributed by atoms with van der Waals surface area (Å²) in [5.41, 5.74) is 2.89. The quantitative estimate of drug-likeness (QED) is 0.755. The molecule has 3 atom stereocenters. The number of morpholine rings is 1. The molecule has 0 amide bonds. The number of ether oxygens (including phenoxy) is 1. The van der Waals surface area contributed by atoms with Crippen molar-refractivity contribution in [1.29, 1.82) is 0 Å². The molecule has 2 heterocycles. The van der Waals surface area contributed by atoms with Gasteiger partial charge in [-0.05, 0) is 61.7 Å². The first-order valence-electron chi connectivity index (χ1n) is 11.1. The molecule has 1 aromatic carbocycles. The average molecular weight is 408 g/mol. The van der Waals surface area contributed by atoms with Crippen LogP contribution in [0.4, 0.5) is 0 Å². The molecule has 5 heteroatoms. The van der Waals surface area contributed by atoms with Gasteiger partial charge >= 0.3 is 0 Å². The van der Waals surface area contributed by atoms with Crippen LogP contribution in [-0.4, -0.2) is 49.8 Å². The molecule has 1 aliphatic carbocycles. The number of halogens is 1. The van der Waals surface area contributed by atoms with Crippen LogP contribution in [0.25, 0.3) is 0 Å². The Morgan fingerprint density at radius 1 is 1.14 bits per heavy atom. The second-order valence-electron chi connectivity index (χ2n) is 9.00. The van der Waals surface area contributed by atoms with Crippen LogP contribution in [0.15, 0.2) is 24.3 Å². The van der Waals surface area contributed by atoms with Crippen molar-refractivity contribution in [3.8, 4) is 0 Å². The third kappa shape index (κ3) is 5.93. The molecule has 3 unspecified atom stereocenters. The van der Waals surface area contributed by atoms with E-state index < -0.39 is 0 Å². The van der Waals surface area contributed by atoms with Crippen molar-refractivity contribution in [1.82, 2.24) is 15.5 Å². The lowest BCUT2D eigenvalue weighted by atomic mass is 9.94. The molecule has 2 saturated heterocycles.